The van der Waals surface area contributed by atoms with Gasteiger partial charge in [0.2, 0.25) is 0 Å². The van der Waals surface area contributed by atoms with Gasteiger partial charge in [-0.15, -0.1) is 6.42 Å². The van der Waals surface area contributed by atoms with Crippen LogP contribution in [-0.2, 0) is 0 Å². The minimum Gasteiger partial charge on any atom is -0.339 e. The van der Waals surface area contributed by atoms with E-state index in [-0.39, 0.29) is 5.56 Å². The number of amides is 1. The molecule has 1 unspecified atom stereocenters. The van der Waals surface area contributed by atoms with Crippen molar-refractivity contribution in [1.82, 2.24) is 5.32 Å². The SMILES string of the molecule is C#CC(C)NC(=O)c1cccc(F)c1F. The van der Waals surface area contributed by atoms with Crippen LogP contribution in [0.3, 0.4) is 0 Å². The first-order chi connectivity index (χ1) is 7.06. The summed E-state index contributed by atoms with van der Waals surface area (Å²) in [6, 6.07) is 2.86. The molecule has 1 aromatic rings. The Kier molecular flexibility index (Phi) is 3.40. The van der Waals surface area contributed by atoms with Crippen molar-refractivity contribution in [1.29, 1.82) is 0 Å². The van der Waals surface area contributed by atoms with E-state index in [1.807, 2.05) is 0 Å². The van der Waals surface area contributed by atoms with Gasteiger partial charge in [-0.05, 0) is 19.1 Å². The highest BCUT2D eigenvalue weighted by atomic mass is 19.2. The first kappa shape index (κ1) is 11.2. The van der Waals surface area contributed by atoms with Crippen LogP contribution in [0.2, 0.25) is 0 Å². The summed E-state index contributed by atoms with van der Waals surface area (Å²) in [6.07, 6.45) is 5.03. The number of halogens is 2. The third-order valence-corrected chi connectivity index (χ3v) is 1.79. The van der Waals surface area contributed by atoms with Gasteiger partial charge >= 0.3 is 0 Å². The van der Waals surface area contributed by atoms with Crippen LogP contribution in [0.25, 0.3) is 0 Å². The lowest BCUT2D eigenvalue weighted by Crippen LogP contribution is -2.32. The predicted octanol–water partition coefficient (Wildman–Crippen LogP) is 1.72. The van der Waals surface area contributed by atoms with Gasteiger partial charge in [0, 0.05) is 0 Å². The summed E-state index contributed by atoms with van der Waals surface area (Å²) in [4.78, 5) is 11.4. The molecular weight excluding hydrogens is 200 g/mol. The molecule has 78 valence electrons. The van der Waals surface area contributed by atoms with E-state index in [0.29, 0.717) is 0 Å². The zero-order valence-electron chi connectivity index (χ0n) is 8.05. The Bertz CT molecular complexity index is 423. The van der Waals surface area contributed by atoms with Crippen molar-refractivity contribution >= 4 is 5.91 Å². The molecule has 4 heteroatoms. The highest BCUT2D eigenvalue weighted by Gasteiger charge is 2.15. The van der Waals surface area contributed by atoms with E-state index >= 15 is 0 Å². The molecule has 0 aromatic heterocycles. The summed E-state index contributed by atoms with van der Waals surface area (Å²) < 4.78 is 25.9. The van der Waals surface area contributed by atoms with Crippen molar-refractivity contribution < 1.29 is 13.6 Å². The van der Waals surface area contributed by atoms with Gasteiger partial charge in [-0.2, -0.15) is 0 Å². The number of benzene rings is 1. The number of carbonyl (C=O) groups is 1. The van der Waals surface area contributed by atoms with Gasteiger partial charge in [-0.25, -0.2) is 8.78 Å². The molecule has 0 bridgehead atoms. The quantitative estimate of drug-likeness (QED) is 0.738. The summed E-state index contributed by atoms with van der Waals surface area (Å²) in [5.74, 6) is -0.700. The fraction of sp³-hybridized carbons (Fsp3) is 0.182. The van der Waals surface area contributed by atoms with Gasteiger partial charge in [0.1, 0.15) is 0 Å². The zero-order valence-corrected chi connectivity index (χ0v) is 8.05. The van der Waals surface area contributed by atoms with Crippen LogP contribution in [0.15, 0.2) is 18.2 Å². The summed E-state index contributed by atoms with van der Waals surface area (Å²) in [6.45, 7) is 1.56. The smallest absolute Gasteiger partial charge is 0.255 e. The Morgan fingerprint density at radius 3 is 2.80 bits per heavy atom. The van der Waals surface area contributed by atoms with Gasteiger partial charge in [-0.3, -0.25) is 4.79 Å². The molecule has 0 saturated heterocycles. The zero-order chi connectivity index (χ0) is 11.4. The molecule has 2 nitrogen and oxygen atoms in total. The number of hydrogen-bond donors (Lipinski definition) is 1. The van der Waals surface area contributed by atoms with Gasteiger partial charge in [-0.1, -0.05) is 12.0 Å². The summed E-state index contributed by atoms with van der Waals surface area (Å²) in [5.41, 5.74) is -0.350. The average Bonchev–Trinajstić information content (AvgIpc) is 2.21. The predicted molar refractivity (Wildman–Crippen MR) is 52.1 cm³/mol. The van der Waals surface area contributed by atoms with Gasteiger partial charge < -0.3 is 5.32 Å². The molecule has 0 saturated carbocycles. The molecule has 1 aromatic carbocycles. The molecule has 1 amide bonds. The molecular formula is C11H9F2NO. The lowest BCUT2D eigenvalue weighted by atomic mass is 10.2. The van der Waals surface area contributed by atoms with E-state index in [4.69, 9.17) is 6.42 Å². The minimum absolute atomic E-state index is 0.350. The molecule has 15 heavy (non-hydrogen) atoms. The minimum atomic E-state index is -1.17. The van der Waals surface area contributed by atoms with Crippen molar-refractivity contribution in [3.8, 4) is 12.3 Å². The van der Waals surface area contributed by atoms with Crippen molar-refractivity contribution in [2.24, 2.45) is 0 Å². The lowest BCUT2D eigenvalue weighted by molar-refractivity contribution is 0.0943. The summed E-state index contributed by atoms with van der Waals surface area (Å²) in [7, 11) is 0. The maximum Gasteiger partial charge on any atom is 0.255 e. The maximum absolute atomic E-state index is 13.1. The van der Waals surface area contributed by atoms with Crippen molar-refractivity contribution in [3.63, 3.8) is 0 Å². The van der Waals surface area contributed by atoms with Crippen LogP contribution in [0, 0.1) is 24.0 Å². The Morgan fingerprint density at radius 1 is 1.53 bits per heavy atom. The molecule has 1 rings (SSSR count). The van der Waals surface area contributed by atoms with Crippen molar-refractivity contribution in [2.45, 2.75) is 13.0 Å². The first-order valence-electron chi connectivity index (χ1n) is 4.27. The van der Waals surface area contributed by atoms with Crippen LogP contribution in [-0.4, -0.2) is 11.9 Å². The second kappa shape index (κ2) is 4.56. The van der Waals surface area contributed by atoms with Crippen LogP contribution >= 0.6 is 0 Å². The highest BCUT2D eigenvalue weighted by Crippen LogP contribution is 2.11. The van der Waals surface area contributed by atoms with E-state index < -0.39 is 23.6 Å². The van der Waals surface area contributed by atoms with E-state index in [1.165, 1.54) is 12.1 Å². The Labute approximate surface area is 86.3 Å². The maximum atomic E-state index is 13.1. The molecule has 0 spiro atoms. The van der Waals surface area contributed by atoms with E-state index in [0.717, 1.165) is 6.07 Å². The number of terminal acetylenes is 1. The molecule has 0 radical (unpaired) electrons. The Balaban J connectivity index is 2.93. The van der Waals surface area contributed by atoms with E-state index in [2.05, 4.69) is 11.2 Å². The largest absolute Gasteiger partial charge is 0.339 e. The van der Waals surface area contributed by atoms with Crippen LogP contribution in [0.4, 0.5) is 8.78 Å². The number of carbonyl (C=O) groups excluding carboxylic acids is 1. The van der Waals surface area contributed by atoms with Gasteiger partial charge in [0.05, 0.1) is 11.6 Å². The number of hydrogen-bond acceptors (Lipinski definition) is 1. The lowest BCUT2D eigenvalue weighted by Gasteiger charge is -2.08. The van der Waals surface area contributed by atoms with Crippen molar-refractivity contribution in [2.75, 3.05) is 0 Å². The third kappa shape index (κ3) is 2.53. The van der Waals surface area contributed by atoms with Gasteiger partial charge in [0.25, 0.3) is 5.91 Å². The summed E-state index contributed by atoms with van der Waals surface area (Å²) in [5, 5.41) is 2.33. The monoisotopic (exact) mass is 209 g/mol. The Morgan fingerprint density at radius 2 is 2.20 bits per heavy atom. The first-order valence-corrected chi connectivity index (χ1v) is 4.27. The average molecular weight is 209 g/mol. The van der Waals surface area contributed by atoms with Crippen LogP contribution in [0.5, 0.6) is 0 Å². The number of rotatable bonds is 2. The standard InChI is InChI=1S/C11H9F2NO/c1-3-7(2)14-11(15)8-5-4-6-9(12)10(8)13/h1,4-7H,2H3,(H,14,15). The van der Waals surface area contributed by atoms with E-state index in [9.17, 15) is 13.6 Å². The normalized spacial score (nSPS) is 11.6. The second-order valence-corrected chi connectivity index (χ2v) is 2.96. The fourth-order valence-corrected chi connectivity index (χ4v) is 0.995. The highest BCUT2D eigenvalue weighted by molar-refractivity contribution is 5.94. The second-order valence-electron chi connectivity index (χ2n) is 2.96. The molecule has 0 aliphatic heterocycles. The van der Waals surface area contributed by atoms with Crippen LogP contribution in [0.1, 0.15) is 17.3 Å². The molecule has 0 heterocycles. The summed E-state index contributed by atoms with van der Waals surface area (Å²) >= 11 is 0. The van der Waals surface area contributed by atoms with E-state index in [1.54, 1.807) is 6.92 Å². The fourth-order valence-electron chi connectivity index (χ4n) is 0.995. The molecule has 0 aliphatic carbocycles. The molecule has 1 N–H and O–H groups in total. The third-order valence-electron chi connectivity index (χ3n) is 1.79. The molecule has 1 atom stereocenters. The Hall–Kier alpha value is -1.89. The molecule has 0 fully saturated rings. The van der Waals surface area contributed by atoms with Crippen LogP contribution < -0.4 is 5.32 Å². The van der Waals surface area contributed by atoms with Crippen molar-refractivity contribution in [3.05, 3.63) is 35.4 Å². The topological polar surface area (TPSA) is 29.1 Å². The van der Waals surface area contributed by atoms with Gasteiger partial charge in [0.15, 0.2) is 11.6 Å². The number of nitrogens with one attached hydrogen (secondary N) is 1. The molecule has 0 aliphatic rings.